The van der Waals surface area contributed by atoms with Crippen LogP contribution in [0.25, 0.3) is 22.2 Å². The van der Waals surface area contributed by atoms with Gasteiger partial charge in [0.25, 0.3) is 0 Å². The normalized spacial score (nSPS) is 19.5. The van der Waals surface area contributed by atoms with E-state index in [4.69, 9.17) is 19.4 Å². The minimum absolute atomic E-state index is 0.0141. The predicted octanol–water partition coefficient (Wildman–Crippen LogP) is 4.23. The second-order valence-corrected chi connectivity index (χ2v) is 9.06. The Bertz CT molecular complexity index is 1260. The Morgan fingerprint density at radius 3 is 2.94 bits per heavy atom. The lowest BCUT2D eigenvalue weighted by molar-refractivity contribution is -0.115. The Labute approximate surface area is 203 Å². The van der Waals surface area contributed by atoms with Crippen molar-refractivity contribution in [2.75, 3.05) is 37.5 Å². The summed E-state index contributed by atoms with van der Waals surface area (Å²) >= 11 is 0. The standard InChI is InChI=1S/C26H28FN5O3/c1-3-18(33)9-17-13-35-14-21(17)31-26-29-12-16-10-20(19-5-4-6-22(34-2)23(19)27)30-25(24(16)32-26)28-11-15-7-8-15/h3-6,10,12,15,17,21H,1,7-9,11,13-14H2,2H3,(H,28,30)(H,29,31,32)/t17-,21+/m0/s1. The number of fused-ring (bicyclic) bond motifs is 1. The van der Waals surface area contributed by atoms with Crippen molar-refractivity contribution in [2.45, 2.75) is 25.3 Å². The molecule has 3 heterocycles. The summed E-state index contributed by atoms with van der Waals surface area (Å²) < 4.78 is 25.7. The third kappa shape index (κ3) is 5.09. The molecule has 0 radical (unpaired) electrons. The Kier molecular flexibility index (Phi) is 6.59. The molecule has 2 aliphatic rings. The molecule has 8 nitrogen and oxygen atoms in total. The molecule has 2 atom stereocenters. The molecule has 0 amide bonds. The fraction of sp³-hybridized carbons (Fsp3) is 0.385. The molecule has 182 valence electrons. The Balaban J connectivity index is 1.48. The first-order valence-electron chi connectivity index (χ1n) is 11.8. The van der Waals surface area contributed by atoms with Crippen LogP contribution in [0, 0.1) is 17.7 Å². The summed E-state index contributed by atoms with van der Waals surface area (Å²) in [6.45, 7) is 5.30. The first kappa shape index (κ1) is 23.2. The van der Waals surface area contributed by atoms with Crippen molar-refractivity contribution < 1.29 is 18.7 Å². The number of carbonyl (C=O) groups excluding carboxylic acids is 1. The molecule has 0 unspecified atom stereocenters. The maximum atomic E-state index is 15.0. The number of ketones is 1. The summed E-state index contributed by atoms with van der Waals surface area (Å²) in [5.74, 6) is 1.33. The van der Waals surface area contributed by atoms with Crippen LogP contribution in [-0.4, -0.2) is 53.6 Å². The number of hydrogen-bond donors (Lipinski definition) is 2. The lowest BCUT2D eigenvalue weighted by Crippen LogP contribution is -2.30. The van der Waals surface area contributed by atoms with E-state index in [0.717, 1.165) is 11.9 Å². The van der Waals surface area contributed by atoms with E-state index in [2.05, 4.69) is 22.2 Å². The van der Waals surface area contributed by atoms with Crippen molar-refractivity contribution in [3.8, 4) is 17.0 Å². The fourth-order valence-electron chi connectivity index (χ4n) is 4.27. The second kappa shape index (κ2) is 9.95. The molecule has 9 heteroatoms. The number of halogens is 1. The molecule has 1 aliphatic heterocycles. The third-order valence-electron chi connectivity index (χ3n) is 6.48. The van der Waals surface area contributed by atoms with E-state index in [1.807, 2.05) is 0 Å². The van der Waals surface area contributed by atoms with E-state index in [1.165, 1.54) is 26.0 Å². The third-order valence-corrected chi connectivity index (χ3v) is 6.48. The van der Waals surface area contributed by atoms with E-state index < -0.39 is 5.82 Å². The number of nitrogens with zero attached hydrogens (tertiary/aromatic N) is 3. The first-order valence-corrected chi connectivity index (χ1v) is 11.8. The van der Waals surface area contributed by atoms with Crippen LogP contribution in [-0.2, 0) is 9.53 Å². The van der Waals surface area contributed by atoms with E-state index in [-0.39, 0.29) is 23.5 Å². The minimum Gasteiger partial charge on any atom is -0.494 e. The fourth-order valence-corrected chi connectivity index (χ4v) is 4.27. The molecule has 1 aliphatic carbocycles. The van der Waals surface area contributed by atoms with Gasteiger partial charge >= 0.3 is 0 Å². The minimum atomic E-state index is -0.462. The average molecular weight is 478 g/mol. The van der Waals surface area contributed by atoms with Gasteiger partial charge in [-0.1, -0.05) is 12.6 Å². The first-order chi connectivity index (χ1) is 17.1. The van der Waals surface area contributed by atoms with Crippen LogP contribution in [0.3, 0.4) is 0 Å². The van der Waals surface area contributed by atoms with E-state index >= 15 is 0 Å². The van der Waals surface area contributed by atoms with Crippen LogP contribution in [0.4, 0.5) is 16.2 Å². The van der Waals surface area contributed by atoms with E-state index in [0.29, 0.717) is 54.1 Å². The number of allylic oxidation sites excluding steroid dienone is 1. The molecular weight excluding hydrogens is 449 g/mol. The highest BCUT2D eigenvalue weighted by Crippen LogP contribution is 2.34. The van der Waals surface area contributed by atoms with E-state index in [9.17, 15) is 9.18 Å². The lowest BCUT2D eigenvalue weighted by Gasteiger charge is -2.18. The zero-order chi connectivity index (χ0) is 24.4. The molecule has 0 bridgehead atoms. The number of rotatable bonds is 10. The quantitative estimate of drug-likeness (QED) is 0.419. The molecule has 2 fully saturated rings. The van der Waals surface area contributed by atoms with Crippen molar-refractivity contribution >= 4 is 28.5 Å². The number of pyridine rings is 1. The van der Waals surface area contributed by atoms with Crippen LogP contribution in [0.5, 0.6) is 5.75 Å². The number of carbonyl (C=O) groups is 1. The van der Waals surface area contributed by atoms with Crippen molar-refractivity contribution in [1.29, 1.82) is 0 Å². The van der Waals surface area contributed by atoms with Gasteiger partial charge in [-0.15, -0.1) is 0 Å². The van der Waals surface area contributed by atoms with Crippen molar-refractivity contribution in [3.05, 3.63) is 48.9 Å². The lowest BCUT2D eigenvalue weighted by atomic mass is 9.97. The highest BCUT2D eigenvalue weighted by molar-refractivity contribution is 5.92. The number of ether oxygens (including phenoxy) is 2. The van der Waals surface area contributed by atoms with Gasteiger partial charge in [-0.2, -0.15) is 0 Å². The number of nitrogens with one attached hydrogen (secondary N) is 2. The monoisotopic (exact) mass is 477 g/mol. The molecule has 5 rings (SSSR count). The molecule has 2 N–H and O–H groups in total. The van der Waals surface area contributed by atoms with Crippen molar-refractivity contribution in [3.63, 3.8) is 0 Å². The zero-order valence-corrected chi connectivity index (χ0v) is 19.6. The van der Waals surface area contributed by atoms with Gasteiger partial charge in [0.05, 0.1) is 32.1 Å². The summed E-state index contributed by atoms with van der Waals surface area (Å²) in [6, 6.07) is 6.69. The maximum Gasteiger partial charge on any atom is 0.223 e. The van der Waals surface area contributed by atoms with Crippen LogP contribution >= 0.6 is 0 Å². The summed E-state index contributed by atoms with van der Waals surface area (Å²) in [7, 11) is 1.44. The Morgan fingerprint density at radius 1 is 1.31 bits per heavy atom. The summed E-state index contributed by atoms with van der Waals surface area (Å²) in [6.07, 6.45) is 5.77. The van der Waals surface area contributed by atoms with Crippen LogP contribution < -0.4 is 15.4 Å². The molecule has 1 saturated heterocycles. The maximum absolute atomic E-state index is 15.0. The van der Waals surface area contributed by atoms with Crippen LogP contribution in [0.2, 0.25) is 0 Å². The number of methoxy groups -OCH3 is 1. The molecular formula is C26H28FN5O3. The predicted molar refractivity (Wildman–Crippen MR) is 132 cm³/mol. The van der Waals surface area contributed by atoms with Crippen molar-refractivity contribution in [1.82, 2.24) is 15.0 Å². The molecule has 2 aromatic heterocycles. The highest BCUT2D eigenvalue weighted by atomic mass is 19.1. The molecule has 0 spiro atoms. The van der Waals surface area contributed by atoms with Crippen molar-refractivity contribution in [2.24, 2.45) is 11.8 Å². The number of benzene rings is 1. The zero-order valence-electron chi connectivity index (χ0n) is 19.6. The van der Waals surface area contributed by atoms with E-state index in [1.54, 1.807) is 30.5 Å². The van der Waals surface area contributed by atoms with Gasteiger partial charge in [-0.05, 0) is 43.0 Å². The van der Waals surface area contributed by atoms with Gasteiger partial charge in [0.2, 0.25) is 5.95 Å². The van der Waals surface area contributed by atoms with Gasteiger partial charge < -0.3 is 20.1 Å². The summed E-state index contributed by atoms with van der Waals surface area (Å²) in [5, 5.41) is 7.47. The molecule has 1 saturated carbocycles. The van der Waals surface area contributed by atoms with Gasteiger partial charge in [-0.25, -0.2) is 19.3 Å². The topological polar surface area (TPSA) is 98.3 Å². The number of aromatic nitrogens is 3. The molecule has 3 aromatic rings. The SMILES string of the molecule is C=CC(=O)C[C@H]1COC[C@H]1Nc1ncc2cc(-c3cccc(OC)c3F)nc(NCC3CC3)c2n1. The number of hydrogen-bond acceptors (Lipinski definition) is 8. The summed E-state index contributed by atoms with van der Waals surface area (Å²) in [4.78, 5) is 25.8. The van der Waals surface area contributed by atoms with Gasteiger partial charge in [0.15, 0.2) is 23.2 Å². The second-order valence-electron chi connectivity index (χ2n) is 9.06. The van der Waals surface area contributed by atoms with Gasteiger partial charge in [0, 0.05) is 36.0 Å². The average Bonchev–Trinajstić information content (AvgIpc) is 3.61. The Hall–Kier alpha value is -3.59. The largest absolute Gasteiger partial charge is 0.494 e. The smallest absolute Gasteiger partial charge is 0.223 e. The highest BCUT2D eigenvalue weighted by Gasteiger charge is 2.30. The number of anilines is 2. The molecule has 1 aromatic carbocycles. The van der Waals surface area contributed by atoms with Gasteiger partial charge in [0.1, 0.15) is 5.52 Å². The summed E-state index contributed by atoms with van der Waals surface area (Å²) in [5.41, 5.74) is 1.47. The van der Waals surface area contributed by atoms with Gasteiger partial charge in [-0.3, -0.25) is 4.79 Å². The van der Waals surface area contributed by atoms with Crippen LogP contribution in [0.15, 0.2) is 43.1 Å². The van der Waals surface area contributed by atoms with Crippen LogP contribution in [0.1, 0.15) is 19.3 Å². The Morgan fingerprint density at radius 2 is 2.17 bits per heavy atom. The molecule has 35 heavy (non-hydrogen) atoms.